The number of carbonyl (C=O) groups excluding carboxylic acids is 1. The van der Waals surface area contributed by atoms with E-state index >= 15 is 0 Å². The van der Waals surface area contributed by atoms with E-state index in [1.165, 1.54) is 11.3 Å². The molecule has 6 heteroatoms. The lowest BCUT2D eigenvalue weighted by atomic mass is 10.2. The number of primary amides is 1. The Morgan fingerprint density at radius 1 is 1.25 bits per heavy atom. The Kier molecular flexibility index (Phi) is 3.58. The number of nitrogens with two attached hydrogens (primary N) is 1. The fourth-order valence-electron chi connectivity index (χ4n) is 1.98. The first kappa shape index (κ1) is 13.0. The van der Waals surface area contributed by atoms with Gasteiger partial charge < -0.3 is 20.5 Å². The predicted octanol–water partition coefficient (Wildman–Crippen LogP) is 1.87. The van der Waals surface area contributed by atoms with Gasteiger partial charge in [-0.1, -0.05) is 6.07 Å². The molecule has 0 saturated heterocycles. The number of nitrogens with one attached hydrogen (secondary N) is 1. The maximum absolute atomic E-state index is 11.0. The monoisotopic (exact) mass is 290 g/mol. The van der Waals surface area contributed by atoms with Crippen LogP contribution in [0.5, 0.6) is 11.5 Å². The molecule has 1 aliphatic rings. The van der Waals surface area contributed by atoms with Gasteiger partial charge >= 0.3 is 0 Å². The number of hydrogen-bond donors (Lipinski definition) is 2. The molecule has 0 unspecified atom stereocenters. The molecule has 0 aliphatic carbocycles. The third-order valence-corrected chi connectivity index (χ3v) is 3.94. The van der Waals surface area contributed by atoms with Crippen LogP contribution in [0, 0.1) is 0 Å². The first-order valence-electron chi connectivity index (χ1n) is 6.19. The van der Waals surface area contributed by atoms with Gasteiger partial charge in [-0.05, 0) is 23.8 Å². The van der Waals surface area contributed by atoms with Crippen molar-refractivity contribution < 1.29 is 14.3 Å². The highest BCUT2D eigenvalue weighted by molar-refractivity contribution is 7.10. The summed E-state index contributed by atoms with van der Waals surface area (Å²) >= 11 is 1.53. The molecule has 0 radical (unpaired) electrons. The molecule has 1 aliphatic heterocycles. The third kappa shape index (κ3) is 2.76. The van der Waals surface area contributed by atoms with Gasteiger partial charge in [0.1, 0.15) is 0 Å². The van der Waals surface area contributed by atoms with Crippen LogP contribution >= 0.6 is 11.3 Å². The van der Waals surface area contributed by atoms with E-state index in [4.69, 9.17) is 15.2 Å². The first-order valence-corrected chi connectivity index (χ1v) is 7.07. The van der Waals surface area contributed by atoms with Crippen molar-refractivity contribution in [3.8, 4) is 11.5 Å². The zero-order valence-electron chi connectivity index (χ0n) is 10.7. The van der Waals surface area contributed by atoms with Crippen LogP contribution in [0.1, 0.15) is 20.8 Å². The van der Waals surface area contributed by atoms with Gasteiger partial charge in [-0.15, -0.1) is 11.3 Å². The molecule has 0 spiro atoms. The smallest absolute Gasteiger partial charge is 0.249 e. The van der Waals surface area contributed by atoms with Crippen molar-refractivity contribution >= 4 is 17.2 Å². The Morgan fingerprint density at radius 3 is 2.90 bits per heavy atom. The largest absolute Gasteiger partial charge is 0.454 e. The number of carbonyl (C=O) groups is 1. The second-order valence-corrected chi connectivity index (χ2v) is 5.45. The van der Waals surface area contributed by atoms with E-state index in [-0.39, 0.29) is 12.7 Å². The molecule has 3 N–H and O–H groups in total. The minimum absolute atomic E-state index is 0.289. The van der Waals surface area contributed by atoms with Crippen molar-refractivity contribution in [2.45, 2.75) is 13.1 Å². The number of ether oxygens (including phenoxy) is 2. The lowest BCUT2D eigenvalue weighted by Gasteiger charge is -2.04. The van der Waals surface area contributed by atoms with Crippen LogP contribution < -0.4 is 20.5 Å². The van der Waals surface area contributed by atoms with Gasteiger partial charge in [-0.3, -0.25) is 4.79 Å². The Hall–Kier alpha value is -2.05. The number of rotatable bonds is 5. The summed E-state index contributed by atoms with van der Waals surface area (Å²) in [4.78, 5) is 12.1. The summed E-state index contributed by atoms with van der Waals surface area (Å²) in [6.07, 6.45) is 0. The average molecular weight is 290 g/mol. The Bertz CT molecular complexity index is 639. The summed E-state index contributed by atoms with van der Waals surface area (Å²) in [5.74, 6) is 1.19. The number of fused-ring (bicyclic) bond motifs is 1. The van der Waals surface area contributed by atoms with Crippen LogP contribution in [0.2, 0.25) is 0 Å². The molecule has 0 fully saturated rings. The number of thiophene rings is 1. The second kappa shape index (κ2) is 5.52. The fraction of sp³-hybridized carbons (Fsp3) is 0.214. The predicted molar refractivity (Wildman–Crippen MR) is 75.9 cm³/mol. The summed E-state index contributed by atoms with van der Waals surface area (Å²) in [5.41, 5.74) is 6.91. The standard InChI is InChI=1S/C14H14N2O3S/c15-14(17)10-4-11(20-7-10)6-16-5-9-1-2-12-13(3-9)19-8-18-12/h1-4,7,16H,5-6,8H2,(H2,15,17). The average Bonchev–Trinajstić information content (AvgIpc) is 3.06. The summed E-state index contributed by atoms with van der Waals surface area (Å²) < 4.78 is 10.6. The molecule has 1 aromatic heterocycles. The Morgan fingerprint density at radius 2 is 2.10 bits per heavy atom. The van der Waals surface area contributed by atoms with Gasteiger partial charge in [0.2, 0.25) is 12.7 Å². The van der Waals surface area contributed by atoms with E-state index in [0.717, 1.165) is 28.5 Å². The highest BCUT2D eigenvalue weighted by atomic mass is 32.1. The molecule has 1 amide bonds. The van der Waals surface area contributed by atoms with Crippen LogP contribution in [0.25, 0.3) is 0 Å². The van der Waals surface area contributed by atoms with Gasteiger partial charge in [0.25, 0.3) is 0 Å². The zero-order chi connectivity index (χ0) is 13.9. The maximum Gasteiger partial charge on any atom is 0.249 e. The minimum atomic E-state index is -0.386. The quantitative estimate of drug-likeness (QED) is 0.881. The van der Waals surface area contributed by atoms with E-state index in [1.807, 2.05) is 24.3 Å². The molecule has 0 bridgehead atoms. The first-order chi connectivity index (χ1) is 9.72. The van der Waals surface area contributed by atoms with Crippen molar-refractivity contribution in [2.75, 3.05) is 6.79 Å². The van der Waals surface area contributed by atoms with E-state index in [2.05, 4.69) is 5.32 Å². The molecular weight excluding hydrogens is 276 g/mol. The van der Waals surface area contributed by atoms with Gasteiger partial charge in [-0.25, -0.2) is 0 Å². The summed E-state index contributed by atoms with van der Waals surface area (Å²) in [6, 6.07) is 7.71. The van der Waals surface area contributed by atoms with E-state index in [0.29, 0.717) is 12.1 Å². The van der Waals surface area contributed by atoms with Crippen LogP contribution in [0.3, 0.4) is 0 Å². The number of hydrogen-bond acceptors (Lipinski definition) is 5. The van der Waals surface area contributed by atoms with Gasteiger partial charge in [-0.2, -0.15) is 0 Å². The van der Waals surface area contributed by atoms with Gasteiger partial charge in [0.15, 0.2) is 11.5 Å². The van der Waals surface area contributed by atoms with Crippen LogP contribution in [0.15, 0.2) is 29.6 Å². The molecule has 20 heavy (non-hydrogen) atoms. The SMILES string of the molecule is NC(=O)c1csc(CNCc2ccc3c(c2)OCO3)c1. The van der Waals surface area contributed by atoms with Gasteiger partial charge in [0.05, 0.1) is 5.56 Å². The third-order valence-electron chi connectivity index (χ3n) is 3.00. The van der Waals surface area contributed by atoms with Crippen LogP contribution in [-0.2, 0) is 13.1 Å². The summed E-state index contributed by atoms with van der Waals surface area (Å²) in [7, 11) is 0. The molecule has 3 rings (SSSR count). The van der Waals surface area contributed by atoms with Crippen LogP contribution in [-0.4, -0.2) is 12.7 Å². The zero-order valence-corrected chi connectivity index (χ0v) is 11.5. The fourth-order valence-corrected chi connectivity index (χ4v) is 2.83. The minimum Gasteiger partial charge on any atom is -0.454 e. The summed E-state index contributed by atoms with van der Waals surface area (Å²) in [6.45, 7) is 1.71. The van der Waals surface area contributed by atoms with Crippen molar-refractivity contribution in [2.24, 2.45) is 5.73 Å². The van der Waals surface area contributed by atoms with E-state index in [9.17, 15) is 4.79 Å². The normalized spacial score (nSPS) is 12.6. The maximum atomic E-state index is 11.0. The second-order valence-electron chi connectivity index (χ2n) is 4.46. The molecule has 0 atom stereocenters. The lowest BCUT2D eigenvalue weighted by Crippen LogP contribution is -2.12. The molecular formula is C14H14N2O3S. The van der Waals surface area contributed by atoms with E-state index in [1.54, 1.807) is 5.38 Å². The Labute approximate surface area is 120 Å². The number of amides is 1. The Balaban J connectivity index is 1.55. The van der Waals surface area contributed by atoms with Crippen molar-refractivity contribution in [3.63, 3.8) is 0 Å². The molecule has 5 nitrogen and oxygen atoms in total. The highest BCUT2D eigenvalue weighted by Crippen LogP contribution is 2.32. The number of benzene rings is 1. The summed E-state index contributed by atoms with van der Waals surface area (Å²) in [5, 5.41) is 5.10. The molecule has 2 aromatic rings. The lowest BCUT2D eigenvalue weighted by molar-refractivity contribution is 0.100. The van der Waals surface area contributed by atoms with Crippen molar-refractivity contribution in [1.82, 2.24) is 5.32 Å². The molecule has 2 heterocycles. The van der Waals surface area contributed by atoms with Crippen molar-refractivity contribution in [3.05, 3.63) is 45.6 Å². The molecule has 1 aromatic carbocycles. The van der Waals surface area contributed by atoms with Crippen LogP contribution in [0.4, 0.5) is 0 Å². The molecule has 0 saturated carbocycles. The highest BCUT2D eigenvalue weighted by Gasteiger charge is 2.12. The topological polar surface area (TPSA) is 73.6 Å². The van der Waals surface area contributed by atoms with E-state index < -0.39 is 0 Å². The van der Waals surface area contributed by atoms with Crippen molar-refractivity contribution in [1.29, 1.82) is 0 Å². The van der Waals surface area contributed by atoms with Gasteiger partial charge in [0, 0.05) is 23.3 Å². The molecule has 104 valence electrons.